The number of nitrogens with zero attached hydrogens (tertiary/aromatic N) is 2. The summed E-state index contributed by atoms with van der Waals surface area (Å²) in [5, 5.41) is 10.6. The second kappa shape index (κ2) is 4.75. The third kappa shape index (κ3) is 2.11. The molecule has 76 valence electrons. The van der Waals surface area contributed by atoms with Gasteiger partial charge in [-0.2, -0.15) is 0 Å². The van der Waals surface area contributed by atoms with Crippen molar-refractivity contribution in [2.45, 2.75) is 6.42 Å². The minimum absolute atomic E-state index is 0.145. The number of thioether (sulfide) groups is 1. The first kappa shape index (κ1) is 10.7. The first-order chi connectivity index (χ1) is 6.70. The fourth-order valence-corrected chi connectivity index (χ4v) is 2.12. The average Bonchev–Trinajstić information content (AvgIpc) is 2.19. The van der Waals surface area contributed by atoms with E-state index in [1.807, 2.05) is 0 Å². The number of carbonyl (C=O) groups is 2. The van der Waals surface area contributed by atoms with E-state index in [4.69, 9.17) is 0 Å². The van der Waals surface area contributed by atoms with Crippen molar-refractivity contribution in [1.82, 2.24) is 4.90 Å². The molecule has 0 aliphatic carbocycles. The molecule has 0 radical (unpaired) electrons. The monoisotopic (exact) mass is 216 g/mol. The summed E-state index contributed by atoms with van der Waals surface area (Å²) in [6, 6.07) is 0. The first-order valence-electron chi connectivity index (χ1n) is 3.89. The van der Waals surface area contributed by atoms with Gasteiger partial charge in [0.1, 0.15) is 0 Å². The molecule has 0 aromatic rings. The van der Waals surface area contributed by atoms with E-state index in [0.29, 0.717) is 18.7 Å². The highest BCUT2D eigenvalue weighted by atomic mass is 32.2. The Bertz CT molecular complexity index is 302. The van der Waals surface area contributed by atoms with Gasteiger partial charge in [0, 0.05) is 12.3 Å². The Morgan fingerprint density at radius 3 is 2.79 bits per heavy atom. The van der Waals surface area contributed by atoms with Gasteiger partial charge in [-0.3, -0.25) is 19.7 Å². The molecule has 0 aromatic heterocycles. The van der Waals surface area contributed by atoms with Gasteiger partial charge >= 0.3 is 5.70 Å². The largest absolute Gasteiger partial charge is 0.338 e. The Kier molecular flexibility index (Phi) is 3.63. The van der Waals surface area contributed by atoms with E-state index in [0.717, 1.165) is 18.2 Å². The molecule has 1 fully saturated rings. The normalized spacial score (nSPS) is 20.1. The number of nitro groups is 1. The Morgan fingerprint density at radius 1 is 1.57 bits per heavy atom. The maximum atomic E-state index is 10.6. The topological polar surface area (TPSA) is 80.5 Å². The van der Waals surface area contributed by atoms with Crippen LogP contribution in [-0.2, 0) is 9.59 Å². The predicted molar refractivity (Wildman–Crippen MR) is 49.9 cm³/mol. The van der Waals surface area contributed by atoms with Crippen molar-refractivity contribution in [3.8, 4) is 0 Å². The van der Waals surface area contributed by atoms with Crippen LogP contribution in [0.5, 0.6) is 0 Å². The van der Waals surface area contributed by atoms with Crippen LogP contribution >= 0.6 is 11.8 Å². The quantitative estimate of drug-likeness (QED) is 0.292. The van der Waals surface area contributed by atoms with Crippen LogP contribution in [0.2, 0.25) is 0 Å². The lowest BCUT2D eigenvalue weighted by Gasteiger charge is -2.23. The SMILES string of the molecule is O=CC(=C1SCCCN1C=O)[N+](=O)[O-]. The molecule has 1 saturated heterocycles. The molecule has 7 heteroatoms. The van der Waals surface area contributed by atoms with Crippen LogP contribution in [0.1, 0.15) is 6.42 Å². The highest BCUT2D eigenvalue weighted by Gasteiger charge is 2.26. The van der Waals surface area contributed by atoms with E-state index in [9.17, 15) is 19.7 Å². The lowest BCUT2D eigenvalue weighted by atomic mass is 10.4. The van der Waals surface area contributed by atoms with Crippen LogP contribution in [0.3, 0.4) is 0 Å². The Hall–Kier alpha value is -1.37. The van der Waals surface area contributed by atoms with Crippen molar-refractivity contribution in [2.24, 2.45) is 0 Å². The zero-order valence-corrected chi connectivity index (χ0v) is 8.03. The van der Waals surface area contributed by atoms with Gasteiger partial charge in [0.05, 0.1) is 4.92 Å². The Labute approximate surface area is 84.1 Å². The predicted octanol–water partition coefficient (Wildman–Crippen LogP) is 0.226. The third-order valence-electron chi connectivity index (χ3n) is 1.70. The second-order valence-corrected chi connectivity index (χ2v) is 3.65. The number of allylic oxidation sites excluding steroid dienone is 1. The maximum Gasteiger partial charge on any atom is 0.338 e. The van der Waals surface area contributed by atoms with Gasteiger partial charge in [-0.15, -0.1) is 11.8 Å². The van der Waals surface area contributed by atoms with Crippen molar-refractivity contribution in [1.29, 1.82) is 0 Å². The summed E-state index contributed by atoms with van der Waals surface area (Å²) >= 11 is 1.16. The number of rotatable bonds is 3. The number of amides is 1. The molecule has 1 rings (SSSR count). The van der Waals surface area contributed by atoms with Crippen LogP contribution < -0.4 is 0 Å². The molecule has 1 aliphatic heterocycles. The van der Waals surface area contributed by atoms with Crippen molar-refractivity contribution < 1.29 is 14.5 Å². The zero-order valence-electron chi connectivity index (χ0n) is 7.21. The Balaban J connectivity index is 3.04. The van der Waals surface area contributed by atoms with Crippen molar-refractivity contribution >= 4 is 24.5 Å². The molecule has 0 N–H and O–H groups in total. The van der Waals surface area contributed by atoms with Gasteiger partial charge < -0.3 is 4.90 Å². The summed E-state index contributed by atoms with van der Waals surface area (Å²) in [6.45, 7) is 0.428. The van der Waals surface area contributed by atoms with E-state index in [1.165, 1.54) is 4.90 Å². The molecular weight excluding hydrogens is 208 g/mol. The molecule has 6 nitrogen and oxygen atoms in total. The van der Waals surface area contributed by atoms with Crippen LogP contribution in [-0.4, -0.2) is 34.8 Å². The van der Waals surface area contributed by atoms with E-state index < -0.39 is 10.6 Å². The zero-order chi connectivity index (χ0) is 10.6. The summed E-state index contributed by atoms with van der Waals surface area (Å²) < 4.78 is 0. The summed E-state index contributed by atoms with van der Waals surface area (Å²) in [6.07, 6.45) is 1.45. The summed E-state index contributed by atoms with van der Waals surface area (Å²) in [4.78, 5) is 31.9. The Morgan fingerprint density at radius 2 is 2.29 bits per heavy atom. The second-order valence-electron chi connectivity index (χ2n) is 2.57. The molecule has 0 atom stereocenters. The number of aldehydes is 1. The molecule has 0 bridgehead atoms. The van der Waals surface area contributed by atoms with E-state index in [2.05, 4.69) is 0 Å². The standard InChI is InChI=1S/C7H8N2O4S/c10-4-6(9(12)13)7-8(5-11)2-1-3-14-7/h4-5H,1-3H2. The smallest absolute Gasteiger partial charge is 0.304 e. The third-order valence-corrected chi connectivity index (χ3v) is 2.91. The molecular formula is C7H8N2O4S. The van der Waals surface area contributed by atoms with E-state index in [-0.39, 0.29) is 11.3 Å². The van der Waals surface area contributed by atoms with E-state index in [1.54, 1.807) is 0 Å². The molecule has 0 aromatic carbocycles. The van der Waals surface area contributed by atoms with Crippen LogP contribution in [0.25, 0.3) is 0 Å². The van der Waals surface area contributed by atoms with Crippen LogP contribution in [0, 0.1) is 10.1 Å². The van der Waals surface area contributed by atoms with Gasteiger partial charge in [-0.1, -0.05) is 0 Å². The van der Waals surface area contributed by atoms with Crippen molar-refractivity contribution in [2.75, 3.05) is 12.3 Å². The highest BCUT2D eigenvalue weighted by molar-refractivity contribution is 8.03. The molecule has 0 unspecified atom stereocenters. The lowest BCUT2D eigenvalue weighted by Crippen LogP contribution is -2.28. The molecule has 1 amide bonds. The molecule has 0 spiro atoms. The van der Waals surface area contributed by atoms with Crippen molar-refractivity contribution in [3.05, 3.63) is 20.8 Å². The summed E-state index contributed by atoms with van der Waals surface area (Å²) in [5.41, 5.74) is -0.540. The minimum atomic E-state index is -0.767. The number of carbonyl (C=O) groups excluding carboxylic acids is 2. The van der Waals surface area contributed by atoms with Gasteiger partial charge in [0.15, 0.2) is 5.03 Å². The van der Waals surface area contributed by atoms with Crippen LogP contribution in [0.15, 0.2) is 10.7 Å². The molecule has 1 heterocycles. The van der Waals surface area contributed by atoms with Gasteiger partial charge in [0.2, 0.25) is 12.7 Å². The molecule has 14 heavy (non-hydrogen) atoms. The molecule has 0 saturated carbocycles. The van der Waals surface area contributed by atoms with Crippen LogP contribution in [0.4, 0.5) is 0 Å². The average molecular weight is 216 g/mol. The number of hydrogen-bond acceptors (Lipinski definition) is 5. The molecule has 1 aliphatic rings. The summed E-state index contributed by atoms with van der Waals surface area (Å²) in [5.74, 6) is 0.685. The van der Waals surface area contributed by atoms with Gasteiger partial charge in [-0.05, 0) is 6.42 Å². The maximum absolute atomic E-state index is 10.6. The minimum Gasteiger partial charge on any atom is -0.304 e. The lowest BCUT2D eigenvalue weighted by molar-refractivity contribution is -0.418. The first-order valence-corrected chi connectivity index (χ1v) is 4.88. The van der Waals surface area contributed by atoms with Crippen molar-refractivity contribution in [3.63, 3.8) is 0 Å². The van der Waals surface area contributed by atoms with Gasteiger partial charge in [-0.25, -0.2) is 0 Å². The fourth-order valence-electron chi connectivity index (χ4n) is 1.08. The fraction of sp³-hybridized carbons (Fsp3) is 0.429. The number of hydrogen-bond donors (Lipinski definition) is 0. The van der Waals surface area contributed by atoms with E-state index >= 15 is 0 Å². The summed E-state index contributed by atoms with van der Waals surface area (Å²) in [7, 11) is 0. The van der Waals surface area contributed by atoms with Gasteiger partial charge in [0.25, 0.3) is 0 Å². The highest BCUT2D eigenvalue weighted by Crippen LogP contribution is 2.27.